The van der Waals surface area contributed by atoms with Crippen molar-refractivity contribution in [2.24, 2.45) is 0 Å². The molecule has 2 atom stereocenters. The van der Waals surface area contributed by atoms with Crippen molar-refractivity contribution in [3.05, 3.63) is 98.3 Å². The summed E-state index contributed by atoms with van der Waals surface area (Å²) in [6.45, 7) is 4.09. The van der Waals surface area contributed by atoms with E-state index in [9.17, 15) is 19.7 Å². The van der Waals surface area contributed by atoms with Crippen LogP contribution < -0.4 is 5.32 Å². The summed E-state index contributed by atoms with van der Waals surface area (Å²) >= 11 is 0. The summed E-state index contributed by atoms with van der Waals surface area (Å²) in [5.74, 6) is -2.40. The Morgan fingerprint density at radius 2 is 1.86 bits per heavy atom. The number of likely N-dealkylation sites (tertiary alicyclic amines) is 1. The molecule has 1 N–H and O–H groups in total. The zero-order valence-corrected chi connectivity index (χ0v) is 20.1. The smallest absolute Gasteiger partial charge is 0.337 e. The molecule has 0 amide bonds. The van der Waals surface area contributed by atoms with E-state index in [2.05, 4.69) is 5.32 Å². The third-order valence-corrected chi connectivity index (χ3v) is 6.24. The maximum absolute atomic E-state index is 13.7. The van der Waals surface area contributed by atoms with Crippen molar-refractivity contribution < 1.29 is 30.8 Å². The molecular weight excluding hydrogens is 462 g/mol. The van der Waals surface area contributed by atoms with Crippen LogP contribution in [0, 0.1) is 10.1 Å². The molecule has 9 heteroatoms. The standard InChI is InChI=1S/C27H29N3O6/c1-17-23(26(31)35-3)25(20-10-7-11-21(14-20)30(33)34)24(18(2)28-17)27(32)36-22-12-13-29(16-22)15-19-8-5-4-6-9-19/h4-11,14,22,25,28H,12-13,15-16H2,1-3H3/t22-,25-/m0/s1/i4D,5D,6D,8D,9D. The topological polar surface area (TPSA) is 111 Å². The highest BCUT2D eigenvalue weighted by Gasteiger charge is 2.39. The SMILES string of the molecule is [2H]c1c([2H])c([2H])c(CN2CC[C@H](OC(=O)C3=C(C)NC(C)=C(C(=O)OC)[C@@H]3c3cccc([N+](=O)[O-])c3)C2)c([2H])c1[2H]. The first-order valence-electron chi connectivity index (χ1n) is 13.9. The van der Waals surface area contributed by atoms with Gasteiger partial charge in [-0.15, -0.1) is 0 Å². The zero-order chi connectivity index (χ0) is 30.2. The molecule has 188 valence electrons. The predicted molar refractivity (Wildman–Crippen MR) is 133 cm³/mol. The molecule has 36 heavy (non-hydrogen) atoms. The molecule has 2 heterocycles. The highest BCUT2D eigenvalue weighted by molar-refractivity contribution is 6.00. The lowest BCUT2D eigenvalue weighted by molar-refractivity contribution is -0.384. The summed E-state index contributed by atoms with van der Waals surface area (Å²) in [6.07, 6.45) is -0.142. The number of non-ortho nitro benzene ring substituents is 1. The van der Waals surface area contributed by atoms with Crippen molar-refractivity contribution in [1.82, 2.24) is 10.2 Å². The van der Waals surface area contributed by atoms with E-state index in [1.54, 1.807) is 19.9 Å². The summed E-state index contributed by atoms with van der Waals surface area (Å²) < 4.78 is 50.7. The molecule has 9 nitrogen and oxygen atoms in total. The van der Waals surface area contributed by atoms with Gasteiger partial charge in [0.05, 0.1) is 36.0 Å². The van der Waals surface area contributed by atoms with Gasteiger partial charge in [-0.3, -0.25) is 15.0 Å². The lowest BCUT2D eigenvalue weighted by Crippen LogP contribution is -2.34. The number of allylic oxidation sites excluding steroid dienone is 2. The molecule has 4 rings (SSSR count). The Morgan fingerprint density at radius 1 is 1.17 bits per heavy atom. The third kappa shape index (κ3) is 5.31. The minimum atomic E-state index is -0.986. The number of rotatable bonds is 7. The first-order chi connectivity index (χ1) is 19.3. The fourth-order valence-corrected chi connectivity index (χ4v) is 4.63. The van der Waals surface area contributed by atoms with E-state index in [1.807, 2.05) is 4.90 Å². The fourth-order valence-electron chi connectivity index (χ4n) is 4.63. The Balaban J connectivity index is 1.59. The summed E-state index contributed by atoms with van der Waals surface area (Å²) in [5.41, 5.74) is 1.40. The van der Waals surface area contributed by atoms with Crippen molar-refractivity contribution in [3.8, 4) is 0 Å². The molecular formula is C27H29N3O6. The molecule has 0 spiro atoms. The molecule has 2 aromatic carbocycles. The minimum Gasteiger partial charge on any atom is -0.466 e. The van der Waals surface area contributed by atoms with Gasteiger partial charge in [0.2, 0.25) is 0 Å². The summed E-state index contributed by atoms with van der Waals surface area (Å²) in [4.78, 5) is 39.2. The maximum Gasteiger partial charge on any atom is 0.337 e. The van der Waals surface area contributed by atoms with Crippen molar-refractivity contribution in [2.75, 3.05) is 20.2 Å². The van der Waals surface area contributed by atoms with E-state index in [4.69, 9.17) is 16.3 Å². The van der Waals surface area contributed by atoms with Gasteiger partial charge in [0.25, 0.3) is 5.69 Å². The highest BCUT2D eigenvalue weighted by Crippen LogP contribution is 2.40. The Labute approximate surface area is 216 Å². The van der Waals surface area contributed by atoms with Crippen LogP contribution in [0.2, 0.25) is 0 Å². The molecule has 0 unspecified atom stereocenters. The van der Waals surface area contributed by atoms with Crippen molar-refractivity contribution in [3.63, 3.8) is 0 Å². The number of ether oxygens (including phenoxy) is 2. The number of benzene rings is 2. The van der Waals surface area contributed by atoms with E-state index >= 15 is 0 Å². The third-order valence-electron chi connectivity index (χ3n) is 6.24. The second-order valence-electron chi connectivity index (χ2n) is 8.63. The number of nitro benzene ring substituents is 1. The van der Waals surface area contributed by atoms with Gasteiger partial charge >= 0.3 is 11.9 Å². The Morgan fingerprint density at radius 3 is 2.53 bits per heavy atom. The largest absolute Gasteiger partial charge is 0.466 e. The van der Waals surface area contributed by atoms with E-state index in [0.29, 0.717) is 29.9 Å². The quantitative estimate of drug-likeness (QED) is 0.350. The van der Waals surface area contributed by atoms with E-state index in [0.717, 1.165) is 0 Å². The first kappa shape index (κ1) is 19.2. The molecule has 0 aliphatic carbocycles. The van der Waals surface area contributed by atoms with Crippen molar-refractivity contribution >= 4 is 17.6 Å². The van der Waals surface area contributed by atoms with Crippen LogP contribution in [0.25, 0.3) is 0 Å². The number of nitrogens with zero attached hydrogens (tertiary/aromatic N) is 2. The van der Waals surface area contributed by atoms with E-state index in [1.165, 1.54) is 25.3 Å². The molecule has 2 aromatic rings. The molecule has 0 bridgehead atoms. The Kier molecular flexibility index (Phi) is 5.74. The average Bonchev–Trinajstić information content (AvgIpc) is 3.38. The number of hydrogen-bond acceptors (Lipinski definition) is 8. The van der Waals surface area contributed by atoms with Gasteiger partial charge < -0.3 is 14.8 Å². The molecule has 2 aliphatic rings. The number of carbonyl (C=O) groups excluding carboxylic acids is 2. The normalized spacial score (nSPS) is 22.1. The van der Waals surface area contributed by atoms with Gasteiger partial charge in [-0.2, -0.15) is 0 Å². The summed E-state index contributed by atoms with van der Waals surface area (Å²) in [7, 11) is 1.21. The van der Waals surface area contributed by atoms with Crippen LogP contribution >= 0.6 is 0 Å². The molecule has 0 radical (unpaired) electrons. The fraction of sp³-hybridized carbons (Fsp3) is 0.333. The molecule has 1 fully saturated rings. The van der Waals surface area contributed by atoms with Gasteiger partial charge in [0, 0.05) is 43.2 Å². The minimum absolute atomic E-state index is 0.0811. The number of methoxy groups -OCH3 is 1. The molecule has 0 aromatic heterocycles. The van der Waals surface area contributed by atoms with Gasteiger partial charge in [0.15, 0.2) is 0 Å². The van der Waals surface area contributed by atoms with Gasteiger partial charge in [-0.1, -0.05) is 42.3 Å². The van der Waals surface area contributed by atoms with Crippen LogP contribution in [0.15, 0.2) is 77.0 Å². The first-order valence-corrected chi connectivity index (χ1v) is 11.4. The van der Waals surface area contributed by atoms with Gasteiger partial charge in [-0.05, 0) is 31.4 Å². The van der Waals surface area contributed by atoms with Crippen LogP contribution in [-0.4, -0.2) is 48.1 Å². The lowest BCUT2D eigenvalue weighted by Gasteiger charge is -2.30. The predicted octanol–water partition coefficient (Wildman–Crippen LogP) is 3.82. The van der Waals surface area contributed by atoms with Crippen molar-refractivity contribution in [1.29, 1.82) is 0 Å². The van der Waals surface area contributed by atoms with Crippen LogP contribution in [0.5, 0.6) is 0 Å². The number of dihydropyridines is 1. The zero-order valence-electron chi connectivity index (χ0n) is 25.1. The average molecular weight is 497 g/mol. The highest BCUT2D eigenvalue weighted by atomic mass is 16.6. The number of nitrogens with one attached hydrogen (secondary N) is 1. The Hall–Kier alpha value is -3.98. The van der Waals surface area contributed by atoms with Crippen molar-refractivity contribution in [2.45, 2.75) is 38.8 Å². The number of nitro groups is 1. The maximum atomic E-state index is 13.7. The molecule has 1 saturated heterocycles. The Bertz CT molecular complexity index is 1480. The van der Waals surface area contributed by atoms with Crippen LogP contribution in [0.4, 0.5) is 5.69 Å². The van der Waals surface area contributed by atoms with Gasteiger partial charge in [0.1, 0.15) is 6.10 Å². The molecule has 0 saturated carbocycles. The number of hydrogen-bond donors (Lipinski definition) is 1. The second kappa shape index (κ2) is 10.7. The lowest BCUT2D eigenvalue weighted by atomic mass is 9.80. The monoisotopic (exact) mass is 496 g/mol. The number of carbonyl (C=O) groups is 2. The summed E-state index contributed by atoms with van der Waals surface area (Å²) in [5, 5.41) is 14.5. The number of esters is 2. The second-order valence-corrected chi connectivity index (χ2v) is 8.63. The molecule has 2 aliphatic heterocycles. The van der Waals surface area contributed by atoms with E-state index in [-0.39, 0.29) is 47.6 Å². The van der Waals surface area contributed by atoms with Gasteiger partial charge in [-0.25, -0.2) is 9.59 Å². The van der Waals surface area contributed by atoms with Crippen LogP contribution in [0.3, 0.4) is 0 Å². The summed E-state index contributed by atoms with van der Waals surface area (Å²) in [6, 6.07) is 3.87. The van der Waals surface area contributed by atoms with E-state index < -0.39 is 47.0 Å². The van der Waals surface area contributed by atoms with Crippen LogP contribution in [-0.2, 0) is 25.6 Å². The van der Waals surface area contributed by atoms with Crippen LogP contribution in [0.1, 0.15) is 44.2 Å².